The van der Waals surface area contributed by atoms with E-state index in [-0.39, 0.29) is 17.5 Å². The van der Waals surface area contributed by atoms with Crippen molar-refractivity contribution in [3.8, 4) is 11.4 Å². The van der Waals surface area contributed by atoms with Crippen LogP contribution in [0.25, 0.3) is 11.4 Å². The lowest BCUT2D eigenvalue weighted by Crippen LogP contribution is -2.17. The molecule has 2 rings (SSSR count). The second kappa shape index (κ2) is 7.20. The van der Waals surface area contributed by atoms with Crippen LogP contribution in [-0.4, -0.2) is 47.4 Å². The van der Waals surface area contributed by atoms with Crippen molar-refractivity contribution in [3.63, 3.8) is 0 Å². The lowest BCUT2D eigenvalue weighted by molar-refractivity contribution is 0.282. The Morgan fingerprint density at radius 1 is 1.26 bits per heavy atom. The van der Waals surface area contributed by atoms with E-state index in [9.17, 15) is 8.42 Å². The van der Waals surface area contributed by atoms with Crippen LogP contribution in [0.2, 0.25) is 5.15 Å². The zero-order valence-electron chi connectivity index (χ0n) is 12.7. The van der Waals surface area contributed by atoms with Gasteiger partial charge in [0.15, 0.2) is 15.7 Å². The van der Waals surface area contributed by atoms with Gasteiger partial charge in [-0.1, -0.05) is 11.6 Å². The van der Waals surface area contributed by atoms with Gasteiger partial charge in [0.25, 0.3) is 0 Å². The average Bonchev–Trinajstić information content (AvgIpc) is 2.47. The number of hydrogen-bond donors (Lipinski definition) is 2. The Morgan fingerprint density at radius 2 is 1.91 bits per heavy atom. The number of aliphatic hydroxyl groups is 1. The molecule has 1 atom stereocenters. The van der Waals surface area contributed by atoms with Gasteiger partial charge in [-0.15, -0.1) is 0 Å². The quantitative estimate of drug-likeness (QED) is 0.760. The fourth-order valence-electron chi connectivity index (χ4n) is 1.91. The maximum Gasteiger partial charge on any atom is 0.178 e. The number of aliphatic hydroxyl groups excluding tert-OH is 1. The Hall–Kier alpha value is -1.77. The predicted molar refractivity (Wildman–Crippen MR) is 88.2 cm³/mol. The molecule has 0 aliphatic heterocycles. The van der Waals surface area contributed by atoms with Crippen LogP contribution in [-0.2, 0) is 9.84 Å². The monoisotopic (exact) mass is 356 g/mol. The van der Waals surface area contributed by atoms with Gasteiger partial charge in [-0.05, 0) is 19.4 Å². The highest BCUT2D eigenvalue weighted by atomic mass is 35.5. The number of nitrogens with zero attached hydrogens (tertiary/aromatic N) is 3. The second-order valence-corrected chi connectivity index (χ2v) is 7.53. The topological polar surface area (TPSA) is 105 Å². The number of nitrogens with one attached hydrogen (secondary N) is 1. The minimum absolute atomic E-state index is 0.00695. The largest absolute Gasteiger partial charge is 0.396 e. The van der Waals surface area contributed by atoms with Crippen LogP contribution in [0.15, 0.2) is 29.6 Å². The molecule has 7 nitrogen and oxygen atoms in total. The molecule has 124 valence electrons. The van der Waals surface area contributed by atoms with Crippen molar-refractivity contribution in [1.82, 2.24) is 15.0 Å². The van der Waals surface area contributed by atoms with E-state index in [1.54, 1.807) is 6.07 Å². The van der Waals surface area contributed by atoms with Gasteiger partial charge in [0.05, 0.1) is 11.3 Å². The molecule has 0 saturated carbocycles. The highest BCUT2D eigenvalue weighted by Crippen LogP contribution is 2.27. The van der Waals surface area contributed by atoms with E-state index in [4.69, 9.17) is 16.7 Å². The fourth-order valence-corrected chi connectivity index (χ4v) is 2.55. The molecule has 2 aromatic heterocycles. The van der Waals surface area contributed by atoms with E-state index in [1.807, 2.05) is 6.92 Å². The van der Waals surface area contributed by atoms with E-state index in [0.29, 0.717) is 28.6 Å². The minimum Gasteiger partial charge on any atom is -0.396 e. The summed E-state index contributed by atoms with van der Waals surface area (Å²) >= 11 is 5.93. The number of hydrogen-bond acceptors (Lipinski definition) is 7. The van der Waals surface area contributed by atoms with E-state index in [1.165, 1.54) is 18.6 Å². The molecule has 2 N–H and O–H groups in total. The maximum absolute atomic E-state index is 11.5. The van der Waals surface area contributed by atoms with Crippen LogP contribution in [0.4, 0.5) is 5.69 Å². The molecule has 0 aromatic carbocycles. The van der Waals surface area contributed by atoms with Gasteiger partial charge in [0, 0.05) is 37.5 Å². The van der Waals surface area contributed by atoms with Gasteiger partial charge < -0.3 is 10.4 Å². The summed E-state index contributed by atoms with van der Waals surface area (Å²) < 4.78 is 22.9. The Morgan fingerprint density at radius 3 is 2.48 bits per heavy atom. The molecule has 2 aromatic rings. The molecule has 9 heteroatoms. The third-order valence-electron chi connectivity index (χ3n) is 3.13. The van der Waals surface area contributed by atoms with Crippen molar-refractivity contribution < 1.29 is 13.5 Å². The molecule has 23 heavy (non-hydrogen) atoms. The molecule has 2 heterocycles. The van der Waals surface area contributed by atoms with Gasteiger partial charge in [-0.3, -0.25) is 0 Å². The first-order valence-electron chi connectivity index (χ1n) is 6.86. The van der Waals surface area contributed by atoms with Crippen LogP contribution in [0.1, 0.15) is 13.3 Å². The highest BCUT2D eigenvalue weighted by molar-refractivity contribution is 7.90. The first-order chi connectivity index (χ1) is 10.8. The number of anilines is 1. The number of aromatic nitrogens is 3. The summed E-state index contributed by atoms with van der Waals surface area (Å²) in [6.45, 7) is 1.98. The van der Waals surface area contributed by atoms with Crippen molar-refractivity contribution in [2.45, 2.75) is 24.3 Å². The predicted octanol–water partition coefficient (Wildman–Crippen LogP) is 1.78. The normalized spacial score (nSPS) is 12.9. The fraction of sp³-hybridized carbons (Fsp3) is 0.357. The van der Waals surface area contributed by atoms with Gasteiger partial charge in [-0.2, -0.15) is 0 Å². The van der Waals surface area contributed by atoms with Gasteiger partial charge in [-0.25, -0.2) is 23.4 Å². The van der Waals surface area contributed by atoms with Crippen molar-refractivity contribution in [2.24, 2.45) is 0 Å². The summed E-state index contributed by atoms with van der Waals surface area (Å²) in [5.74, 6) is 0.334. The summed E-state index contributed by atoms with van der Waals surface area (Å²) in [5, 5.41) is 12.5. The van der Waals surface area contributed by atoms with E-state index < -0.39 is 9.84 Å². The molecule has 0 aliphatic carbocycles. The molecule has 0 spiro atoms. The third kappa shape index (κ3) is 4.60. The molecule has 0 unspecified atom stereocenters. The minimum atomic E-state index is -3.35. The van der Waals surface area contributed by atoms with Crippen molar-refractivity contribution in [3.05, 3.63) is 29.8 Å². The van der Waals surface area contributed by atoms with Gasteiger partial charge >= 0.3 is 0 Å². The summed E-state index contributed by atoms with van der Waals surface area (Å²) in [4.78, 5) is 12.3. The van der Waals surface area contributed by atoms with Gasteiger partial charge in [0.2, 0.25) is 0 Å². The number of rotatable bonds is 6. The van der Waals surface area contributed by atoms with Crippen LogP contribution in [0.3, 0.4) is 0 Å². The van der Waals surface area contributed by atoms with E-state index in [2.05, 4.69) is 20.3 Å². The average molecular weight is 357 g/mol. The van der Waals surface area contributed by atoms with Crippen LogP contribution in [0, 0.1) is 0 Å². The second-order valence-electron chi connectivity index (χ2n) is 5.12. The standard InChI is InChI=1S/C14H17ClN4O3S/c1-9(3-4-20)19-12-5-13(15)16-8-11(12)14-17-6-10(7-18-14)23(2,21)22/h5-9,20H,3-4H2,1-2H3,(H,16,19)/t9-/m0/s1. The molecule has 0 amide bonds. The van der Waals surface area contributed by atoms with Gasteiger partial charge in [0.1, 0.15) is 10.0 Å². The van der Waals surface area contributed by atoms with Crippen molar-refractivity contribution in [2.75, 3.05) is 18.2 Å². The van der Waals surface area contributed by atoms with Crippen LogP contribution < -0.4 is 5.32 Å². The summed E-state index contributed by atoms with van der Waals surface area (Å²) in [7, 11) is -3.35. The lowest BCUT2D eigenvalue weighted by atomic mass is 10.1. The van der Waals surface area contributed by atoms with Crippen molar-refractivity contribution in [1.29, 1.82) is 0 Å². The third-order valence-corrected chi connectivity index (χ3v) is 4.41. The molecule has 0 aliphatic rings. The number of halogens is 1. The molecule has 0 radical (unpaired) electrons. The SMILES string of the molecule is C[C@@H](CCO)Nc1cc(Cl)ncc1-c1ncc(S(C)(=O)=O)cn1. The number of sulfone groups is 1. The zero-order valence-corrected chi connectivity index (χ0v) is 14.3. The maximum atomic E-state index is 11.5. The summed E-state index contributed by atoms with van der Waals surface area (Å²) in [6.07, 6.45) is 5.69. The number of pyridine rings is 1. The first-order valence-corrected chi connectivity index (χ1v) is 9.13. The summed E-state index contributed by atoms with van der Waals surface area (Å²) in [5.41, 5.74) is 1.26. The Bertz CT molecular complexity index is 781. The molecular formula is C14H17ClN4O3S. The lowest BCUT2D eigenvalue weighted by Gasteiger charge is -2.16. The van der Waals surface area contributed by atoms with E-state index >= 15 is 0 Å². The summed E-state index contributed by atoms with van der Waals surface area (Å²) in [6, 6.07) is 1.64. The zero-order chi connectivity index (χ0) is 17.0. The van der Waals surface area contributed by atoms with Crippen molar-refractivity contribution >= 4 is 27.1 Å². The Labute approximate surface area is 139 Å². The Balaban J connectivity index is 2.39. The molecular weight excluding hydrogens is 340 g/mol. The highest BCUT2D eigenvalue weighted by Gasteiger charge is 2.14. The van der Waals surface area contributed by atoms with Crippen LogP contribution >= 0.6 is 11.6 Å². The molecule has 0 bridgehead atoms. The molecule has 0 saturated heterocycles. The van der Waals surface area contributed by atoms with Crippen LogP contribution in [0.5, 0.6) is 0 Å². The first kappa shape index (κ1) is 17.6. The Kier molecular flexibility index (Phi) is 5.51. The smallest absolute Gasteiger partial charge is 0.178 e. The van der Waals surface area contributed by atoms with E-state index in [0.717, 1.165) is 6.26 Å². The molecule has 0 fully saturated rings.